The first-order chi connectivity index (χ1) is 13.0. The number of fused-ring (bicyclic) bond motifs is 1. The lowest BCUT2D eigenvalue weighted by atomic mass is 10.1. The Bertz CT molecular complexity index is 886. The first-order valence-electron chi connectivity index (χ1n) is 8.20. The Morgan fingerprint density at radius 1 is 1.22 bits per heavy atom. The van der Waals surface area contributed by atoms with Crippen molar-refractivity contribution in [3.63, 3.8) is 0 Å². The molecule has 0 bridgehead atoms. The number of ether oxygens (including phenoxy) is 3. The monoisotopic (exact) mass is 390 g/mol. The molecule has 0 aliphatic carbocycles. The summed E-state index contributed by atoms with van der Waals surface area (Å²) in [6, 6.07) is 10.1. The molecule has 1 aliphatic rings. The fraction of sp³-hybridized carbons (Fsp3) is 0.263. The fourth-order valence-corrected chi connectivity index (χ4v) is 3.21. The van der Waals surface area contributed by atoms with E-state index in [1.165, 1.54) is 32.2 Å². The van der Waals surface area contributed by atoms with Gasteiger partial charge in [-0.3, -0.25) is 9.59 Å². The smallest absolute Gasteiger partial charge is 0.262 e. The molecule has 0 saturated carbocycles. The molecular weight excluding hydrogens is 372 g/mol. The van der Waals surface area contributed by atoms with Crippen molar-refractivity contribution in [3.8, 4) is 17.2 Å². The zero-order valence-corrected chi connectivity index (χ0v) is 15.9. The molecule has 2 aromatic rings. The molecule has 0 radical (unpaired) electrons. The number of halogens is 1. The van der Waals surface area contributed by atoms with Gasteiger partial charge in [-0.1, -0.05) is 23.7 Å². The van der Waals surface area contributed by atoms with E-state index in [1.54, 1.807) is 30.3 Å². The molecule has 3 rings (SSSR count). The van der Waals surface area contributed by atoms with E-state index in [1.807, 2.05) is 0 Å². The van der Waals surface area contributed by atoms with Gasteiger partial charge in [-0.05, 0) is 24.3 Å². The lowest BCUT2D eigenvalue weighted by molar-refractivity contribution is -0.127. The average molecular weight is 391 g/mol. The minimum atomic E-state index is -0.815. The molecule has 0 unspecified atom stereocenters. The van der Waals surface area contributed by atoms with Crippen LogP contribution in [0.25, 0.3) is 0 Å². The van der Waals surface area contributed by atoms with Gasteiger partial charge in [0.15, 0.2) is 17.6 Å². The lowest BCUT2D eigenvalue weighted by Crippen LogP contribution is -2.50. The summed E-state index contributed by atoms with van der Waals surface area (Å²) in [6.07, 6.45) is -0.815. The topological polar surface area (TPSA) is 77.1 Å². The maximum absolute atomic E-state index is 13.2. The highest BCUT2D eigenvalue weighted by molar-refractivity contribution is 6.33. The molecule has 0 saturated heterocycles. The normalized spacial score (nSPS) is 15.4. The van der Waals surface area contributed by atoms with Crippen molar-refractivity contribution in [3.05, 3.63) is 47.0 Å². The predicted octanol–water partition coefficient (Wildman–Crippen LogP) is 2.51. The number of carbonyl (C=O) groups excluding carboxylic acids is 2. The van der Waals surface area contributed by atoms with Gasteiger partial charge < -0.3 is 24.4 Å². The van der Waals surface area contributed by atoms with E-state index in [9.17, 15) is 9.59 Å². The Morgan fingerprint density at radius 3 is 2.63 bits per heavy atom. The van der Waals surface area contributed by atoms with Gasteiger partial charge in [0, 0.05) is 12.6 Å². The number of nitrogens with zero attached hydrogens (tertiary/aromatic N) is 1. The highest BCUT2D eigenvalue weighted by atomic mass is 35.5. The van der Waals surface area contributed by atoms with Crippen LogP contribution < -0.4 is 24.4 Å². The van der Waals surface area contributed by atoms with Gasteiger partial charge >= 0.3 is 0 Å². The molecule has 1 aliphatic heterocycles. The van der Waals surface area contributed by atoms with Gasteiger partial charge in [-0.25, -0.2) is 0 Å². The van der Waals surface area contributed by atoms with E-state index < -0.39 is 6.10 Å². The summed E-state index contributed by atoms with van der Waals surface area (Å²) in [5.41, 5.74) is 0.888. The number of carbonyl (C=O) groups is 2. The van der Waals surface area contributed by atoms with Gasteiger partial charge in [-0.15, -0.1) is 0 Å². The van der Waals surface area contributed by atoms with E-state index in [0.29, 0.717) is 28.5 Å². The number of likely N-dealkylation sites (N-methyl/N-ethyl adjacent to an activating group) is 1. The minimum absolute atomic E-state index is 0.0709. The lowest BCUT2D eigenvalue weighted by Gasteiger charge is -2.34. The molecule has 1 heterocycles. The number of nitrogens with one attached hydrogen (secondary N) is 1. The van der Waals surface area contributed by atoms with Crippen molar-refractivity contribution in [2.45, 2.75) is 6.10 Å². The highest BCUT2D eigenvalue weighted by Crippen LogP contribution is 2.38. The second kappa shape index (κ2) is 7.75. The number of para-hydroxylation sites is 2. The fourth-order valence-electron chi connectivity index (χ4n) is 2.92. The third kappa shape index (κ3) is 3.50. The molecule has 2 amide bonds. The Hall–Kier alpha value is -2.93. The van der Waals surface area contributed by atoms with Crippen LogP contribution in [0.5, 0.6) is 17.2 Å². The number of anilines is 1. The van der Waals surface area contributed by atoms with E-state index in [2.05, 4.69) is 5.32 Å². The van der Waals surface area contributed by atoms with E-state index in [-0.39, 0.29) is 23.4 Å². The average Bonchev–Trinajstić information content (AvgIpc) is 2.70. The van der Waals surface area contributed by atoms with Crippen molar-refractivity contribution in [2.24, 2.45) is 0 Å². The SMILES string of the molecule is CNC(=O)[C@H]1CN(C(=O)c2cc(Cl)c(OC)c(OC)c2)c2ccccc2O1. The Kier molecular flexibility index (Phi) is 5.41. The third-order valence-corrected chi connectivity index (χ3v) is 4.52. The summed E-state index contributed by atoms with van der Waals surface area (Å²) < 4.78 is 16.2. The maximum atomic E-state index is 13.2. The summed E-state index contributed by atoms with van der Waals surface area (Å²) in [5.74, 6) is 0.506. The molecule has 0 aromatic heterocycles. The van der Waals surface area contributed by atoms with E-state index >= 15 is 0 Å². The van der Waals surface area contributed by atoms with Crippen LogP contribution in [-0.2, 0) is 4.79 Å². The number of amides is 2. The number of hydrogen-bond acceptors (Lipinski definition) is 5. The second-order valence-electron chi connectivity index (χ2n) is 5.80. The van der Waals surface area contributed by atoms with Gasteiger partial charge in [0.1, 0.15) is 5.75 Å². The first-order valence-corrected chi connectivity index (χ1v) is 8.58. The van der Waals surface area contributed by atoms with Crippen LogP contribution in [0.15, 0.2) is 36.4 Å². The molecule has 1 atom stereocenters. The van der Waals surface area contributed by atoms with Crippen molar-refractivity contribution in [2.75, 3.05) is 32.7 Å². The summed E-state index contributed by atoms with van der Waals surface area (Å²) in [4.78, 5) is 26.8. The van der Waals surface area contributed by atoms with Crippen molar-refractivity contribution in [1.29, 1.82) is 0 Å². The van der Waals surface area contributed by atoms with Crippen LogP contribution in [0.2, 0.25) is 5.02 Å². The second-order valence-corrected chi connectivity index (χ2v) is 6.21. The summed E-state index contributed by atoms with van der Waals surface area (Å²) in [6.45, 7) is 0.0709. The minimum Gasteiger partial charge on any atom is -0.493 e. The molecule has 7 nitrogen and oxygen atoms in total. The van der Waals surface area contributed by atoms with Crippen LogP contribution in [0, 0.1) is 0 Å². The summed E-state index contributed by atoms with van der Waals surface area (Å²) in [5, 5.41) is 2.80. The van der Waals surface area contributed by atoms with Crippen LogP contribution >= 0.6 is 11.6 Å². The highest BCUT2D eigenvalue weighted by Gasteiger charge is 2.34. The number of hydrogen-bond donors (Lipinski definition) is 1. The molecule has 27 heavy (non-hydrogen) atoms. The molecular formula is C19H19ClN2O5. The third-order valence-electron chi connectivity index (χ3n) is 4.24. The molecule has 0 fully saturated rings. The summed E-state index contributed by atoms with van der Waals surface area (Å²) in [7, 11) is 4.46. The van der Waals surface area contributed by atoms with Gasteiger partial charge in [0.2, 0.25) is 0 Å². The Labute approximate surface area is 161 Å². The molecule has 142 valence electrons. The molecule has 2 aromatic carbocycles. The number of methoxy groups -OCH3 is 2. The molecule has 1 N–H and O–H groups in total. The van der Waals surface area contributed by atoms with E-state index in [0.717, 1.165) is 0 Å². The van der Waals surface area contributed by atoms with Crippen LogP contribution in [0.1, 0.15) is 10.4 Å². The zero-order chi connectivity index (χ0) is 19.6. The first kappa shape index (κ1) is 18.8. The Balaban J connectivity index is 2.03. The number of benzene rings is 2. The molecule has 8 heteroatoms. The van der Waals surface area contributed by atoms with Crippen LogP contribution in [0.3, 0.4) is 0 Å². The zero-order valence-electron chi connectivity index (χ0n) is 15.1. The van der Waals surface area contributed by atoms with Crippen LogP contribution in [-0.4, -0.2) is 45.7 Å². The quantitative estimate of drug-likeness (QED) is 0.868. The van der Waals surface area contributed by atoms with Crippen molar-refractivity contribution >= 4 is 29.1 Å². The maximum Gasteiger partial charge on any atom is 0.262 e. The van der Waals surface area contributed by atoms with E-state index in [4.69, 9.17) is 25.8 Å². The summed E-state index contributed by atoms with van der Waals surface area (Å²) >= 11 is 6.23. The molecule has 0 spiro atoms. The standard InChI is InChI=1S/C19H19ClN2O5/c1-21-18(23)16-10-22(13-6-4-5-7-14(13)27-16)19(24)11-8-12(20)17(26-3)15(9-11)25-2/h4-9,16H,10H2,1-3H3,(H,21,23)/t16-/m1/s1. The van der Waals surface area contributed by atoms with Crippen LogP contribution in [0.4, 0.5) is 5.69 Å². The predicted molar refractivity (Wildman–Crippen MR) is 101 cm³/mol. The van der Waals surface area contributed by atoms with Gasteiger partial charge in [0.25, 0.3) is 11.8 Å². The largest absolute Gasteiger partial charge is 0.493 e. The Morgan fingerprint density at radius 2 is 1.96 bits per heavy atom. The van der Waals surface area contributed by atoms with Gasteiger partial charge in [-0.2, -0.15) is 0 Å². The van der Waals surface area contributed by atoms with Crippen molar-refractivity contribution < 1.29 is 23.8 Å². The van der Waals surface area contributed by atoms with Gasteiger partial charge in [0.05, 0.1) is 31.5 Å². The van der Waals surface area contributed by atoms with Crippen molar-refractivity contribution in [1.82, 2.24) is 5.32 Å². The number of rotatable bonds is 4.